The van der Waals surface area contributed by atoms with Gasteiger partial charge in [-0.1, -0.05) is 27.5 Å². The molecule has 164 valence electrons. The molecular formula is C22H23BrClN3O3S. The fourth-order valence-electron chi connectivity index (χ4n) is 3.27. The highest BCUT2D eigenvalue weighted by Gasteiger charge is 2.32. The Morgan fingerprint density at radius 2 is 1.77 bits per heavy atom. The Balaban J connectivity index is 2.02. The van der Waals surface area contributed by atoms with E-state index in [1.54, 1.807) is 12.1 Å². The van der Waals surface area contributed by atoms with E-state index in [1.807, 2.05) is 45.0 Å². The number of carbonyl (C=O) groups excluding carboxylic acids is 1. The standard InChI is InChI=1S/C22H23BrClN3O3S/c1-4-29-17-10-15(16(24)11-18(17)30-5-2)20-19(12(3)25-22(31)27-20)21(28)26-14-8-6-13(23)7-9-14/h6-11,20H,4-5H2,1-3H3,(H,26,28)(H2,25,27,31). The van der Waals surface area contributed by atoms with Gasteiger partial charge in [-0.25, -0.2) is 0 Å². The van der Waals surface area contributed by atoms with Crippen LogP contribution in [0.2, 0.25) is 5.02 Å². The second-order valence-electron chi connectivity index (χ2n) is 6.72. The van der Waals surface area contributed by atoms with Gasteiger partial charge in [0.1, 0.15) is 0 Å². The van der Waals surface area contributed by atoms with Crippen molar-refractivity contribution in [1.29, 1.82) is 0 Å². The molecule has 6 nitrogen and oxygen atoms in total. The molecule has 3 N–H and O–H groups in total. The summed E-state index contributed by atoms with van der Waals surface area (Å²) in [5.41, 5.74) is 2.46. The lowest BCUT2D eigenvalue weighted by Crippen LogP contribution is -2.45. The molecule has 0 saturated heterocycles. The van der Waals surface area contributed by atoms with E-state index in [4.69, 9.17) is 33.3 Å². The Morgan fingerprint density at radius 3 is 2.39 bits per heavy atom. The highest BCUT2D eigenvalue weighted by atomic mass is 79.9. The zero-order valence-corrected chi connectivity index (χ0v) is 20.5. The van der Waals surface area contributed by atoms with Crippen LogP contribution in [0.1, 0.15) is 32.4 Å². The maximum atomic E-state index is 13.2. The van der Waals surface area contributed by atoms with Crippen molar-refractivity contribution in [2.75, 3.05) is 18.5 Å². The molecule has 0 fully saturated rings. The normalized spacial score (nSPS) is 15.8. The lowest BCUT2D eigenvalue weighted by molar-refractivity contribution is -0.113. The van der Waals surface area contributed by atoms with E-state index in [0.717, 1.165) is 4.47 Å². The SMILES string of the molecule is CCOc1cc(Cl)c(C2NC(=S)NC(C)=C2C(=O)Nc2ccc(Br)cc2)cc1OCC. The first-order valence-corrected chi connectivity index (χ1v) is 11.4. The van der Waals surface area contributed by atoms with Crippen LogP contribution in [-0.4, -0.2) is 24.2 Å². The van der Waals surface area contributed by atoms with Crippen molar-refractivity contribution in [3.63, 3.8) is 0 Å². The minimum atomic E-state index is -0.563. The van der Waals surface area contributed by atoms with E-state index >= 15 is 0 Å². The molecule has 0 aromatic heterocycles. The van der Waals surface area contributed by atoms with Gasteiger partial charge in [0.15, 0.2) is 16.6 Å². The third-order valence-corrected chi connectivity index (χ3v) is 5.67. The lowest BCUT2D eigenvalue weighted by Gasteiger charge is -2.31. The minimum absolute atomic E-state index is 0.268. The topological polar surface area (TPSA) is 71.6 Å². The number of rotatable bonds is 7. The zero-order valence-electron chi connectivity index (χ0n) is 17.3. The number of ether oxygens (including phenoxy) is 2. The molecule has 1 amide bonds. The number of amides is 1. The van der Waals surface area contributed by atoms with E-state index in [9.17, 15) is 4.79 Å². The number of hydrogen-bond acceptors (Lipinski definition) is 4. The molecule has 0 radical (unpaired) electrons. The molecule has 0 bridgehead atoms. The van der Waals surface area contributed by atoms with Gasteiger partial charge in [-0.05, 0) is 63.3 Å². The number of carbonyl (C=O) groups is 1. The third-order valence-electron chi connectivity index (χ3n) is 4.59. The molecule has 31 heavy (non-hydrogen) atoms. The molecule has 2 aromatic carbocycles. The highest BCUT2D eigenvalue weighted by molar-refractivity contribution is 9.10. The summed E-state index contributed by atoms with van der Waals surface area (Å²) in [6, 6.07) is 10.3. The first-order chi connectivity index (χ1) is 14.8. The third kappa shape index (κ3) is 5.50. The van der Waals surface area contributed by atoms with Gasteiger partial charge in [0, 0.05) is 27.5 Å². The number of thiocarbonyl (C=S) groups is 1. The summed E-state index contributed by atoms with van der Waals surface area (Å²) in [6.45, 7) is 6.53. The van der Waals surface area contributed by atoms with E-state index in [0.29, 0.717) is 57.4 Å². The van der Waals surface area contributed by atoms with Gasteiger partial charge >= 0.3 is 0 Å². The van der Waals surface area contributed by atoms with Crippen molar-refractivity contribution in [2.24, 2.45) is 0 Å². The highest BCUT2D eigenvalue weighted by Crippen LogP contribution is 2.39. The summed E-state index contributed by atoms with van der Waals surface area (Å²) in [4.78, 5) is 13.2. The van der Waals surface area contributed by atoms with Gasteiger partial charge in [-0.2, -0.15) is 0 Å². The molecule has 1 heterocycles. The second kappa shape index (κ2) is 10.3. The van der Waals surface area contributed by atoms with Crippen molar-refractivity contribution >= 4 is 56.5 Å². The minimum Gasteiger partial charge on any atom is -0.490 e. The Labute approximate surface area is 200 Å². The molecule has 1 aliphatic heterocycles. The first kappa shape index (κ1) is 23.4. The van der Waals surface area contributed by atoms with E-state index in [1.165, 1.54) is 0 Å². The summed E-state index contributed by atoms with van der Waals surface area (Å²) >= 11 is 15.4. The van der Waals surface area contributed by atoms with Gasteiger partial charge in [-0.15, -0.1) is 0 Å². The van der Waals surface area contributed by atoms with E-state index < -0.39 is 6.04 Å². The molecule has 1 aliphatic rings. The predicted octanol–water partition coefficient (Wildman–Crippen LogP) is 5.33. The van der Waals surface area contributed by atoms with Crippen LogP contribution in [0.3, 0.4) is 0 Å². The van der Waals surface area contributed by atoms with Gasteiger partial charge in [-0.3, -0.25) is 4.79 Å². The summed E-state index contributed by atoms with van der Waals surface area (Å²) in [7, 11) is 0. The molecule has 1 unspecified atom stereocenters. The first-order valence-electron chi connectivity index (χ1n) is 9.78. The predicted molar refractivity (Wildman–Crippen MR) is 131 cm³/mol. The summed E-state index contributed by atoms with van der Waals surface area (Å²) in [5.74, 6) is 0.840. The van der Waals surface area contributed by atoms with Gasteiger partial charge in [0.2, 0.25) is 0 Å². The van der Waals surface area contributed by atoms with Gasteiger partial charge in [0.05, 0.1) is 29.9 Å². The number of allylic oxidation sites excluding steroid dienone is 1. The average molecular weight is 525 g/mol. The average Bonchev–Trinajstić information content (AvgIpc) is 2.71. The number of anilines is 1. The van der Waals surface area contributed by atoms with Crippen molar-refractivity contribution in [3.8, 4) is 11.5 Å². The van der Waals surface area contributed by atoms with Crippen LogP contribution in [0.25, 0.3) is 0 Å². The zero-order chi connectivity index (χ0) is 22.5. The van der Waals surface area contributed by atoms with Crippen LogP contribution in [0.4, 0.5) is 5.69 Å². The van der Waals surface area contributed by atoms with Crippen LogP contribution in [-0.2, 0) is 4.79 Å². The maximum Gasteiger partial charge on any atom is 0.255 e. The van der Waals surface area contributed by atoms with Crippen LogP contribution in [0.15, 0.2) is 52.1 Å². The van der Waals surface area contributed by atoms with Crippen LogP contribution >= 0.6 is 39.7 Å². The second-order valence-corrected chi connectivity index (χ2v) is 8.45. The Morgan fingerprint density at radius 1 is 1.16 bits per heavy atom. The molecule has 1 atom stereocenters. The summed E-state index contributed by atoms with van der Waals surface area (Å²) in [6.07, 6.45) is 0. The molecular weight excluding hydrogens is 502 g/mol. The smallest absolute Gasteiger partial charge is 0.255 e. The van der Waals surface area contributed by atoms with Crippen molar-refractivity contribution in [1.82, 2.24) is 10.6 Å². The summed E-state index contributed by atoms with van der Waals surface area (Å²) in [5, 5.41) is 9.98. The molecule has 2 aromatic rings. The lowest BCUT2D eigenvalue weighted by atomic mass is 9.94. The number of halogens is 2. The van der Waals surface area contributed by atoms with Crippen molar-refractivity contribution < 1.29 is 14.3 Å². The van der Waals surface area contributed by atoms with Crippen molar-refractivity contribution in [2.45, 2.75) is 26.8 Å². The van der Waals surface area contributed by atoms with E-state index in [2.05, 4.69) is 31.9 Å². The monoisotopic (exact) mass is 523 g/mol. The fourth-order valence-corrected chi connectivity index (χ4v) is 4.07. The summed E-state index contributed by atoms with van der Waals surface area (Å²) < 4.78 is 12.3. The largest absolute Gasteiger partial charge is 0.490 e. The molecule has 0 spiro atoms. The van der Waals surface area contributed by atoms with Crippen molar-refractivity contribution in [3.05, 3.63) is 62.7 Å². The fraction of sp³-hybridized carbons (Fsp3) is 0.273. The Bertz CT molecular complexity index is 1030. The molecule has 0 aliphatic carbocycles. The molecule has 3 rings (SSSR count). The molecule has 9 heteroatoms. The number of nitrogens with one attached hydrogen (secondary N) is 3. The van der Waals surface area contributed by atoms with Crippen LogP contribution in [0, 0.1) is 0 Å². The van der Waals surface area contributed by atoms with Crippen LogP contribution in [0.5, 0.6) is 11.5 Å². The van der Waals surface area contributed by atoms with E-state index in [-0.39, 0.29) is 5.91 Å². The maximum absolute atomic E-state index is 13.2. The Hall–Kier alpha value is -2.29. The number of hydrogen-bond donors (Lipinski definition) is 3. The number of benzene rings is 2. The quantitative estimate of drug-likeness (QED) is 0.425. The van der Waals surface area contributed by atoms with Crippen LogP contribution < -0.4 is 25.4 Å². The Kier molecular flexibility index (Phi) is 7.80. The van der Waals surface area contributed by atoms with Gasteiger partial charge < -0.3 is 25.4 Å². The van der Waals surface area contributed by atoms with Gasteiger partial charge in [0.25, 0.3) is 5.91 Å². The molecule has 0 saturated carbocycles.